The molecule has 376 valence electrons. The van der Waals surface area contributed by atoms with Gasteiger partial charge < -0.3 is 28.4 Å². The highest BCUT2D eigenvalue weighted by Gasteiger charge is 2.16. The number of carbonyl (C=O) groups excluding carboxylic acids is 2. The first-order valence-electron chi connectivity index (χ1n) is 25.9. The van der Waals surface area contributed by atoms with Gasteiger partial charge in [-0.25, -0.2) is 19.6 Å². The van der Waals surface area contributed by atoms with Crippen LogP contribution in [0.4, 0.5) is 0 Å². The zero-order valence-electron chi connectivity index (χ0n) is 42.1. The van der Waals surface area contributed by atoms with E-state index in [2.05, 4.69) is 111 Å². The van der Waals surface area contributed by atoms with Crippen LogP contribution in [0.5, 0.6) is 17.2 Å². The van der Waals surface area contributed by atoms with Gasteiger partial charge in [0.25, 0.3) is 0 Å². The lowest BCUT2D eigenvalue weighted by molar-refractivity contribution is -0.138. The van der Waals surface area contributed by atoms with Crippen molar-refractivity contribution in [1.82, 2.24) is 9.97 Å². The Hall–Kier alpha value is -7.56. The number of unbranched alkanes of at least 4 members (excludes halogenated alkanes) is 8. The summed E-state index contributed by atoms with van der Waals surface area (Å²) < 4.78 is 34.1. The summed E-state index contributed by atoms with van der Waals surface area (Å²) in [6.07, 6.45) is 13.3. The molecular weight excluding hydrogens is 913 g/mol. The van der Waals surface area contributed by atoms with E-state index in [1.54, 1.807) is 0 Å². The minimum atomic E-state index is -0.367. The fourth-order valence-electron chi connectivity index (χ4n) is 8.95. The zero-order chi connectivity index (χ0) is 50.6. The first kappa shape index (κ1) is 51.8. The van der Waals surface area contributed by atoms with Crippen LogP contribution in [0.2, 0.25) is 0 Å². The Balaban J connectivity index is 1.03. The molecule has 0 amide bonds. The lowest BCUT2D eigenvalue weighted by atomic mass is 9.93. The molecule has 7 aromatic carbocycles. The number of nitrogens with zero attached hydrogens (tertiary/aromatic N) is 2. The third kappa shape index (κ3) is 14.3. The van der Waals surface area contributed by atoms with E-state index in [-0.39, 0.29) is 11.9 Å². The summed E-state index contributed by atoms with van der Waals surface area (Å²) in [7, 11) is 0. The molecule has 1 heterocycles. The number of hydrogen-bond acceptors (Lipinski definition) is 10. The number of esters is 2. The van der Waals surface area contributed by atoms with E-state index in [1.807, 2.05) is 36.4 Å². The number of benzene rings is 7. The molecule has 73 heavy (non-hydrogen) atoms. The monoisotopic (exact) mass is 978 g/mol. The van der Waals surface area contributed by atoms with Crippen molar-refractivity contribution >= 4 is 55.6 Å². The molecular formula is C63H66N2O8. The smallest absolute Gasteiger partial charge is 0.330 e. The van der Waals surface area contributed by atoms with Gasteiger partial charge in [0.2, 0.25) is 0 Å². The van der Waals surface area contributed by atoms with Gasteiger partial charge >= 0.3 is 11.9 Å². The molecule has 0 unspecified atom stereocenters. The molecule has 10 heteroatoms. The second-order valence-corrected chi connectivity index (χ2v) is 18.2. The number of aromatic nitrogens is 2. The predicted molar refractivity (Wildman–Crippen MR) is 294 cm³/mol. The molecule has 0 fully saturated rings. The Morgan fingerprint density at radius 1 is 0.411 bits per heavy atom. The van der Waals surface area contributed by atoms with Crippen LogP contribution in [0.15, 0.2) is 153 Å². The lowest BCUT2D eigenvalue weighted by Crippen LogP contribution is -2.07. The highest BCUT2D eigenvalue weighted by Crippen LogP contribution is 2.39. The highest BCUT2D eigenvalue weighted by molar-refractivity contribution is 6.25. The van der Waals surface area contributed by atoms with Gasteiger partial charge in [0.15, 0.2) is 0 Å². The van der Waals surface area contributed by atoms with Crippen molar-refractivity contribution < 1.29 is 38.0 Å². The molecule has 0 saturated carbocycles. The summed E-state index contributed by atoms with van der Waals surface area (Å²) in [5.41, 5.74) is 9.70. The fourth-order valence-corrected chi connectivity index (χ4v) is 8.95. The van der Waals surface area contributed by atoms with Crippen molar-refractivity contribution in [3.8, 4) is 50.6 Å². The Bertz CT molecular complexity index is 3130. The average molecular weight is 979 g/mol. The molecule has 8 aromatic rings. The first-order valence-corrected chi connectivity index (χ1v) is 25.9. The van der Waals surface area contributed by atoms with Gasteiger partial charge in [0.05, 0.1) is 55.1 Å². The molecule has 10 nitrogen and oxygen atoms in total. The SMILES string of the molecule is C=CC(=O)OCCCCCCCOc1ccc(-c2ccc3c4ccc(-c5ccc(OCCCCCCCOC(=O)C=C)cc5)cc4c4nc5cc(-c6cccc(OCCOCCC)c6)ccc5nc4c3c2)cc1. The number of carbonyl (C=O) groups is 2. The van der Waals surface area contributed by atoms with Crippen molar-refractivity contribution in [2.75, 3.05) is 46.2 Å². The number of hydrogen-bond donors (Lipinski definition) is 0. The maximum absolute atomic E-state index is 11.2. The van der Waals surface area contributed by atoms with Crippen LogP contribution in [-0.2, 0) is 23.8 Å². The molecule has 0 bridgehead atoms. The quantitative estimate of drug-likeness (QED) is 0.0148. The van der Waals surface area contributed by atoms with Crippen LogP contribution in [0.25, 0.3) is 77.0 Å². The van der Waals surface area contributed by atoms with Gasteiger partial charge in [-0.3, -0.25) is 0 Å². The normalized spacial score (nSPS) is 11.2. The zero-order valence-corrected chi connectivity index (χ0v) is 42.1. The molecule has 0 saturated heterocycles. The third-order valence-corrected chi connectivity index (χ3v) is 12.8. The molecule has 0 atom stereocenters. The van der Waals surface area contributed by atoms with Gasteiger partial charge in [0.1, 0.15) is 23.9 Å². The van der Waals surface area contributed by atoms with E-state index in [4.69, 9.17) is 38.4 Å². The summed E-state index contributed by atoms with van der Waals surface area (Å²) in [5, 5.41) is 4.28. The maximum Gasteiger partial charge on any atom is 0.330 e. The van der Waals surface area contributed by atoms with E-state index in [1.165, 1.54) is 12.2 Å². The largest absolute Gasteiger partial charge is 0.494 e. The standard InChI is InChI=1S/C63H66N2O8/c1-4-34-68-39-40-71-53-19-17-18-47(41-53)50-26-33-58-59(44-50)65-63-57-43-49(46-22-29-52(30-23-46)70-36-14-10-8-12-16-38-73-61(67)6-3)25-32-55(57)54-31-24-48(42-56(54)62(63)64-58)45-20-27-51(28-21-45)69-35-13-9-7-11-15-37-72-60(66)5-2/h5-6,17-33,41-44H,2-4,7-16,34-40H2,1H3. The predicted octanol–water partition coefficient (Wildman–Crippen LogP) is 15.0. The molecule has 0 aliphatic heterocycles. The Morgan fingerprint density at radius 3 is 1.40 bits per heavy atom. The van der Waals surface area contributed by atoms with Gasteiger partial charge in [-0.1, -0.05) is 125 Å². The van der Waals surface area contributed by atoms with Gasteiger partial charge in [-0.2, -0.15) is 0 Å². The van der Waals surface area contributed by atoms with Crippen LogP contribution in [-0.4, -0.2) is 68.2 Å². The van der Waals surface area contributed by atoms with Crippen LogP contribution >= 0.6 is 0 Å². The summed E-state index contributed by atoms with van der Waals surface area (Å²) in [5.74, 6) is 1.74. The molecule has 0 spiro atoms. The highest BCUT2D eigenvalue weighted by atomic mass is 16.5. The average Bonchev–Trinajstić information content (AvgIpc) is 3.43. The topological polar surface area (TPSA) is 115 Å². The lowest BCUT2D eigenvalue weighted by Gasteiger charge is -2.14. The third-order valence-electron chi connectivity index (χ3n) is 12.8. The second-order valence-electron chi connectivity index (χ2n) is 18.2. The first-order chi connectivity index (χ1) is 35.9. The van der Waals surface area contributed by atoms with Crippen LogP contribution in [0.1, 0.15) is 77.6 Å². The number of ether oxygens (including phenoxy) is 6. The van der Waals surface area contributed by atoms with Crippen molar-refractivity contribution in [1.29, 1.82) is 0 Å². The second kappa shape index (κ2) is 26.8. The Kier molecular flexibility index (Phi) is 19.0. The van der Waals surface area contributed by atoms with E-state index in [0.29, 0.717) is 39.6 Å². The van der Waals surface area contributed by atoms with Gasteiger partial charge in [-0.05, 0) is 137 Å². The van der Waals surface area contributed by atoms with Gasteiger partial charge in [-0.15, -0.1) is 0 Å². The van der Waals surface area contributed by atoms with Gasteiger partial charge in [0, 0.05) is 29.5 Å². The molecule has 1 aromatic heterocycles. The van der Waals surface area contributed by atoms with E-state index < -0.39 is 0 Å². The van der Waals surface area contributed by atoms with Crippen LogP contribution in [0.3, 0.4) is 0 Å². The minimum absolute atomic E-state index is 0.367. The van der Waals surface area contributed by atoms with E-state index >= 15 is 0 Å². The molecule has 0 radical (unpaired) electrons. The Labute approximate surface area is 429 Å². The summed E-state index contributed by atoms with van der Waals surface area (Å²) in [6.45, 7) is 12.9. The molecule has 8 rings (SSSR count). The van der Waals surface area contributed by atoms with Crippen molar-refractivity contribution in [2.24, 2.45) is 0 Å². The summed E-state index contributed by atoms with van der Waals surface area (Å²) in [6, 6.07) is 44.4. The number of fused-ring (bicyclic) bond motifs is 7. The molecule has 0 aliphatic carbocycles. The maximum atomic E-state index is 11.2. The summed E-state index contributed by atoms with van der Waals surface area (Å²) >= 11 is 0. The van der Waals surface area contributed by atoms with Crippen LogP contribution in [0, 0.1) is 0 Å². The fraction of sp³-hybridized carbons (Fsp3) is 0.302. The van der Waals surface area contributed by atoms with E-state index in [0.717, 1.165) is 171 Å². The Morgan fingerprint density at radius 2 is 0.863 bits per heavy atom. The number of rotatable bonds is 29. The molecule has 0 N–H and O–H groups in total. The summed E-state index contributed by atoms with van der Waals surface area (Å²) in [4.78, 5) is 33.3. The van der Waals surface area contributed by atoms with E-state index in [9.17, 15) is 9.59 Å². The van der Waals surface area contributed by atoms with Crippen molar-refractivity contribution in [2.45, 2.75) is 77.6 Å². The van der Waals surface area contributed by atoms with Crippen molar-refractivity contribution in [3.05, 3.63) is 153 Å². The minimum Gasteiger partial charge on any atom is -0.494 e. The van der Waals surface area contributed by atoms with Crippen molar-refractivity contribution in [3.63, 3.8) is 0 Å². The van der Waals surface area contributed by atoms with Crippen LogP contribution < -0.4 is 14.2 Å². The molecule has 0 aliphatic rings.